The van der Waals surface area contributed by atoms with Crippen molar-refractivity contribution >= 4 is 27.3 Å². The number of halogens is 3. The van der Waals surface area contributed by atoms with Gasteiger partial charge in [-0.2, -0.15) is 4.31 Å². The van der Waals surface area contributed by atoms with Crippen LogP contribution >= 0.6 is 11.6 Å². The first-order valence-corrected chi connectivity index (χ1v) is 7.08. The number of nitro benzene ring substituents is 1. The first-order chi connectivity index (χ1) is 9.07. The van der Waals surface area contributed by atoms with Crippen molar-refractivity contribution in [2.75, 3.05) is 13.6 Å². The summed E-state index contributed by atoms with van der Waals surface area (Å²) < 4.78 is 49.2. The van der Waals surface area contributed by atoms with Gasteiger partial charge in [-0.25, -0.2) is 17.2 Å². The molecule has 0 aliphatic rings. The Morgan fingerprint density at radius 3 is 2.45 bits per heavy atom. The Labute approximate surface area is 119 Å². The number of alkyl halides is 2. The highest BCUT2D eigenvalue weighted by molar-refractivity contribution is 7.89. The van der Waals surface area contributed by atoms with Gasteiger partial charge in [0.15, 0.2) is 0 Å². The molecule has 0 aliphatic heterocycles. The lowest BCUT2D eigenvalue weighted by Gasteiger charge is -2.18. The zero-order valence-electron chi connectivity index (χ0n) is 10.5. The average Bonchev–Trinajstić information content (AvgIpc) is 2.26. The summed E-state index contributed by atoms with van der Waals surface area (Å²) in [7, 11) is -3.27. The van der Waals surface area contributed by atoms with Crippen LogP contribution in [0.1, 0.15) is 5.56 Å². The molecule has 0 bridgehead atoms. The Kier molecular flexibility index (Phi) is 5.00. The number of nitrogens with zero attached hydrogens (tertiary/aromatic N) is 2. The molecule has 0 unspecified atom stereocenters. The molecule has 0 saturated carbocycles. The van der Waals surface area contributed by atoms with Crippen molar-refractivity contribution in [2.45, 2.75) is 18.2 Å². The SMILES string of the molecule is Cc1cc(Cl)c([N+](=O)[O-])cc1S(=O)(=O)N(C)CC(F)F. The topological polar surface area (TPSA) is 80.5 Å². The van der Waals surface area contributed by atoms with E-state index in [1.165, 1.54) is 6.92 Å². The minimum Gasteiger partial charge on any atom is -0.258 e. The first-order valence-electron chi connectivity index (χ1n) is 5.26. The van der Waals surface area contributed by atoms with Crippen LogP contribution in [-0.2, 0) is 10.0 Å². The first kappa shape index (κ1) is 16.7. The van der Waals surface area contributed by atoms with E-state index in [1.54, 1.807) is 0 Å². The van der Waals surface area contributed by atoms with Gasteiger partial charge in [0, 0.05) is 13.1 Å². The van der Waals surface area contributed by atoms with E-state index >= 15 is 0 Å². The summed E-state index contributed by atoms with van der Waals surface area (Å²) >= 11 is 5.64. The molecule has 0 aliphatic carbocycles. The van der Waals surface area contributed by atoms with Crippen LogP contribution in [0.3, 0.4) is 0 Å². The minimum atomic E-state index is -4.25. The summed E-state index contributed by atoms with van der Waals surface area (Å²) in [4.78, 5) is 9.49. The normalized spacial score (nSPS) is 12.2. The van der Waals surface area contributed by atoms with Crippen molar-refractivity contribution in [3.8, 4) is 0 Å². The van der Waals surface area contributed by atoms with Crippen LogP contribution in [0.4, 0.5) is 14.5 Å². The Bertz CT molecular complexity index is 636. The molecule has 1 aromatic carbocycles. The van der Waals surface area contributed by atoms with Crippen LogP contribution in [0.2, 0.25) is 5.02 Å². The van der Waals surface area contributed by atoms with Gasteiger partial charge in [0.2, 0.25) is 10.0 Å². The minimum absolute atomic E-state index is 0.140. The van der Waals surface area contributed by atoms with Crippen LogP contribution in [0, 0.1) is 17.0 Å². The maximum absolute atomic E-state index is 12.3. The van der Waals surface area contributed by atoms with Crippen molar-refractivity contribution in [1.82, 2.24) is 4.31 Å². The van der Waals surface area contributed by atoms with Gasteiger partial charge in [-0.3, -0.25) is 10.1 Å². The maximum Gasteiger partial charge on any atom is 0.289 e. The summed E-state index contributed by atoms with van der Waals surface area (Å²) in [5.74, 6) is 0. The second-order valence-corrected chi connectivity index (χ2v) is 6.42. The van der Waals surface area contributed by atoms with E-state index in [4.69, 9.17) is 11.6 Å². The number of hydrogen-bond acceptors (Lipinski definition) is 4. The molecule has 20 heavy (non-hydrogen) atoms. The van der Waals surface area contributed by atoms with Crippen LogP contribution in [0.5, 0.6) is 0 Å². The Hall–Kier alpha value is -1.32. The maximum atomic E-state index is 12.3. The highest BCUT2D eigenvalue weighted by Crippen LogP contribution is 2.31. The zero-order chi connectivity index (χ0) is 15.7. The molecule has 10 heteroatoms. The lowest BCUT2D eigenvalue weighted by atomic mass is 10.2. The number of hydrogen-bond donors (Lipinski definition) is 0. The van der Waals surface area contributed by atoms with Crippen molar-refractivity contribution < 1.29 is 22.1 Å². The van der Waals surface area contributed by atoms with E-state index in [0.717, 1.165) is 19.2 Å². The Morgan fingerprint density at radius 1 is 1.45 bits per heavy atom. The van der Waals surface area contributed by atoms with Crippen molar-refractivity contribution in [3.05, 3.63) is 32.8 Å². The number of aryl methyl sites for hydroxylation is 1. The molecule has 0 heterocycles. The molecule has 0 saturated heterocycles. The molecular weight excluding hydrogens is 318 g/mol. The zero-order valence-corrected chi connectivity index (χ0v) is 12.1. The van der Waals surface area contributed by atoms with Crippen molar-refractivity contribution in [1.29, 1.82) is 0 Å². The fraction of sp³-hybridized carbons (Fsp3) is 0.400. The molecule has 0 spiro atoms. The van der Waals surface area contributed by atoms with E-state index in [-0.39, 0.29) is 10.6 Å². The predicted molar refractivity (Wildman–Crippen MR) is 68.7 cm³/mol. The summed E-state index contributed by atoms with van der Waals surface area (Å²) in [6, 6.07) is 1.89. The highest BCUT2D eigenvalue weighted by Gasteiger charge is 2.28. The van der Waals surface area contributed by atoms with Crippen molar-refractivity contribution in [2.24, 2.45) is 0 Å². The molecule has 0 fully saturated rings. The summed E-state index contributed by atoms with van der Waals surface area (Å²) in [5.41, 5.74) is -0.456. The molecule has 0 N–H and O–H groups in total. The summed E-state index contributed by atoms with van der Waals surface area (Å²) in [5, 5.41) is 10.5. The standard InChI is InChI=1S/C10H11ClF2N2O4S/c1-6-3-7(11)8(15(16)17)4-9(6)20(18,19)14(2)5-10(12)13/h3-4,10H,5H2,1-2H3. The number of nitro groups is 1. The fourth-order valence-electron chi connectivity index (χ4n) is 1.52. The molecule has 0 amide bonds. The highest BCUT2D eigenvalue weighted by atomic mass is 35.5. The molecule has 0 aromatic heterocycles. The third-order valence-electron chi connectivity index (χ3n) is 2.52. The van der Waals surface area contributed by atoms with Crippen LogP contribution in [0.15, 0.2) is 17.0 Å². The number of sulfonamides is 1. The third kappa shape index (κ3) is 3.41. The Morgan fingerprint density at radius 2 is 2.00 bits per heavy atom. The van der Waals surface area contributed by atoms with Gasteiger partial charge in [-0.15, -0.1) is 0 Å². The van der Waals surface area contributed by atoms with Crippen LogP contribution in [-0.4, -0.2) is 37.7 Å². The average molecular weight is 329 g/mol. The van der Waals surface area contributed by atoms with E-state index in [9.17, 15) is 27.3 Å². The van der Waals surface area contributed by atoms with Crippen LogP contribution in [0.25, 0.3) is 0 Å². The van der Waals surface area contributed by atoms with Gasteiger partial charge in [-0.05, 0) is 18.6 Å². The molecule has 0 radical (unpaired) electrons. The smallest absolute Gasteiger partial charge is 0.258 e. The number of benzene rings is 1. The van der Waals surface area contributed by atoms with Gasteiger partial charge in [0.05, 0.1) is 16.4 Å². The summed E-state index contributed by atoms with van der Waals surface area (Å²) in [6.45, 7) is 0.372. The van der Waals surface area contributed by atoms with Gasteiger partial charge < -0.3 is 0 Å². The third-order valence-corrected chi connectivity index (χ3v) is 4.79. The largest absolute Gasteiger partial charge is 0.289 e. The molecule has 1 rings (SSSR count). The quantitative estimate of drug-likeness (QED) is 0.614. The van der Waals surface area contributed by atoms with Crippen LogP contribution < -0.4 is 0 Å². The lowest BCUT2D eigenvalue weighted by molar-refractivity contribution is -0.384. The molecule has 6 nitrogen and oxygen atoms in total. The predicted octanol–water partition coefficient (Wildman–Crippen LogP) is 2.44. The lowest BCUT2D eigenvalue weighted by Crippen LogP contribution is -2.31. The molecule has 1 aromatic rings. The second-order valence-electron chi connectivity index (χ2n) is 4.00. The molecule has 112 valence electrons. The van der Waals surface area contributed by atoms with Gasteiger partial charge in [0.1, 0.15) is 5.02 Å². The van der Waals surface area contributed by atoms with Crippen molar-refractivity contribution in [3.63, 3.8) is 0 Å². The van der Waals surface area contributed by atoms with E-state index in [1.807, 2.05) is 0 Å². The van der Waals surface area contributed by atoms with E-state index in [2.05, 4.69) is 0 Å². The fourth-order valence-corrected chi connectivity index (χ4v) is 3.18. The molecular formula is C10H11ClF2N2O4S. The Balaban J connectivity index is 3.38. The second kappa shape index (κ2) is 5.98. The van der Waals surface area contributed by atoms with E-state index < -0.39 is 38.5 Å². The van der Waals surface area contributed by atoms with Gasteiger partial charge in [0.25, 0.3) is 12.1 Å². The molecule has 0 atom stereocenters. The van der Waals surface area contributed by atoms with E-state index in [0.29, 0.717) is 4.31 Å². The summed E-state index contributed by atoms with van der Waals surface area (Å²) in [6.07, 6.45) is -2.85. The monoisotopic (exact) mass is 328 g/mol. The van der Waals surface area contributed by atoms with Gasteiger partial charge >= 0.3 is 0 Å². The number of rotatable bonds is 5. The van der Waals surface area contributed by atoms with Gasteiger partial charge in [-0.1, -0.05) is 11.6 Å².